The molecule has 2 heterocycles. The van der Waals surface area contributed by atoms with E-state index in [4.69, 9.17) is 0 Å². The summed E-state index contributed by atoms with van der Waals surface area (Å²) >= 11 is 0. The number of ketones is 1. The van der Waals surface area contributed by atoms with Gasteiger partial charge >= 0.3 is 0 Å². The highest BCUT2D eigenvalue weighted by atomic mass is 19.1. The van der Waals surface area contributed by atoms with Crippen molar-refractivity contribution in [3.05, 3.63) is 71.6 Å². The normalized spacial score (nSPS) is 18.2. The van der Waals surface area contributed by atoms with Crippen LogP contribution in [0.25, 0.3) is 0 Å². The smallest absolute Gasteiger partial charge is 0.256 e. The number of piperidine rings is 1. The average molecular weight is 477 g/mol. The van der Waals surface area contributed by atoms with Gasteiger partial charge in [0.2, 0.25) is 0 Å². The molecule has 2 aliphatic heterocycles. The average Bonchev–Trinajstić information content (AvgIpc) is 2.88. The van der Waals surface area contributed by atoms with Crippen LogP contribution in [0, 0.1) is 17.1 Å². The Bertz CT molecular complexity index is 1170. The van der Waals surface area contributed by atoms with Gasteiger partial charge in [0.15, 0.2) is 5.78 Å². The Morgan fingerprint density at radius 2 is 1.83 bits per heavy atom. The molecular weight excluding hydrogens is 447 g/mol. The molecule has 0 spiro atoms. The van der Waals surface area contributed by atoms with E-state index in [9.17, 15) is 24.3 Å². The number of Topliss-reactive ketones (excluding diaryl/α,β-unsaturated/α-hetero) is 1. The Morgan fingerprint density at radius 3 is 2.49 bits per heavy atom. The van der Waals surface area contributed by atoms with E-state index < -0.39 is 11.9 Å². The lowest BCUT2D eigenvalue weighted by molar-refractivity contribution is 0.0746. The fourth-order valence-electron chi connectivity index (χ4n) is 4.73. The number of anilines is 2. The lowest BCUT2D eigenvalue weighted by Crippen LogP contribution is -2.49. The van der Waals surface area contributed by atoms with E-state index in [0.717, 1.165) is 25.1 Å². The number of piperazine rings is 1. The first-order valence-corrected chi connectivity index (χ1v) is 11.9. The topological polar surface area (TPSA) is 87.9 Å². The molecule has 4 rings (SSSR count). The fraction of sp³-hybridized carbons (Fsp3) is 0.370. The highest BCUT2D eigenvalue weighted by Crippen LogP contribution is 2.28. The van der Waals surface area contributed by atoms with E-state index >= 15 is 0 Å². The molecular formula is C27H29FN4O3. The van der Waals surface area contributed by atoms with Crippen LogP contribution in [0.1, 0.15) is 45.5 Å². The molecule has 2 fully saturated rings. The van der Waals surface area contributed by atoms with Crippen molar-refractivity contribution in [1.29, 1.82) is 5.26 Å². The van der Waals surface area contributed by atoms with Crippen LogP contribution in [0.4, 0.5) is 15.8 Å². The van der Waals surface area contributed by atoms with Gasteiger partial charge < -0.3 is 19.8 Å². The summed E-state index contributed by atoms with van der Waals surface area (Å²) in [6.07, 6.45) is 2.77. The van der Waals surface area contributed by atoms with Gasteiger partial charge in [-0.3, -0.25) is 9.59 Å². The molecule has 2 aromatic carbocycles. The zero-order valence-corrected chi connectivity index (χ0v) is 19.6. The summed E-state index contributed by atoms with van der Waals surface area (Å²) in [5, 5.41) is 19.5. The Morgan fingerprint density at radius 1 is 1.09 bits per heavy atom. The third kappa shape index (κ3) is 5.36. The lowest BCUT2D eigenvalue weighted by atomic mass is 10.0. The molecule has 1 atom stereocenters. The predicted molar refractivity (Wildman–Crippen MR) is 132 cm³/mol. The van der Waals surface area contributed by atoms with Crippen LogP contribution in [0.2, 0.25) is 0 Å². The van der Waals surface area contributed by atoms with Gasteiger partial charge in [0.1, 0.15) is 5.82 Å². The fourth-order valence-corrected chi connectivity index (χ4v) is 4.73. The molecule has 2 aromatic rings. The zero-order valence-electron chi connectivity index (χ0n) is 19.6. The van der Waals surface area contributed by atoms with Crippen molar-refractivity contribution in [1.82, 2.24) is 4.90 Å². The molecule has 2 saturated heterocycles. The standard InChI is InChI=1S/C27H29FN4O3/c1-2-4-26(34)20-7-9-25(23(28)16-20)30-11-13-31(14-12-30)27(35)22-15-19(17-29)6-8-24(22)32-10-3-5-21(33)18-32/h2,6-9,15-16,21,33H,1,3-5,10-14,18H2. The second kappa shape index (κ2) is 10.7. The number of nitriles is 1. The van der Waals surface area contributed by atoms with E-state index in [0.29, 0.717) is 55.1 Å². The van der Waals surface area contributed by atoms with Crippen LogP contribution < -0.4 is 9.80 Å². The maximum absolute atomic E-state index is 14.8. The Hall–Kier alpha value is -3.70. The Kier molecular flexibility index (Phi) is 7.47. The first-order valence-electron chi connectivity index (χ1n) is 11.9. The van der Waals surface area contributed by atoms with Crippen molar-refractivity contribution < 1.29 is 19.1 Å². The summed E-state index contributed by atoms with van der Waals surface area (Å²) in [6.45, 7) is 6.41. The zero-order chi connectivity index (χ0) is 24.9. The molecule has 8 heteroatoms. The summed E-state index contributed by atoms with van der Waals surface area (Å²) in [4.78, 5) is 31.1. The number of halogens is 1. The number of rotatable bonds is 6. The maximum atomic E-state index is 14.8. The van der Waals surface area contributed by atoms with Gasteiger partial charge in [-0.15, -0.1) is 6.58 Å². The minimum absolute atomic E-state index is 0.158. The summed E-state index contributed by atoms with van der Waals surface area (Å²) in [7, 11) is 0. The first-order chi connectivity index (χ1) is 16.9. The molecule has 7 nitrogen and oxygen atoms in total. The molecule has 2 aliphatic rings. The lowest BCUT2D eigenvalue weighted by Gasteiger charge is -2.38. The second-order valence-electron chi connectivity index (χ2n) is 8.95. The predicted octanol–water partition coefficient (Wildman–Crippen LogP) is 3.38. The molecule has 0 radical (unpaired) electrons. The van der Waals surface area contributed by atoms with Crippen molar-refractivity contribution in [3.8, 4) is 6.07 Å². The number of allylic oxidation sites excluding steroid dienone is 1. The highest BCUT2D eigenvalue weighted by Gasteiger charge is 2.28. The highest BCUT2D eigenvalue weighted by molar-refractivity contribution is 6.00. The van der Waals surface area contributed by atoms with Crippen LogP contribution in [0.5, 0.6) is 0 Å². The number of nitrogens with zero attached hydrogens (tertiary/aromatic N) is 4. The molecule has 1 unspecified atom stereocenters. The third-order valence-electron chi connectivity index (χ3n) is 6.60. The maximum Gasteiger partial charge on any atom is 0.256 e. The van der Waals surface area contributed by atoms with E-state index in [1.807, 2.05) is 9.80 Å². The van der Waals surface area contributed by atoms with Crippen LogP contribution in [0.3, 0.4) is 0 Å². The number of aliphatic hydroxyl groups excluding tert-OH is 1. The summed E-state index contributed by atoms with van der Waals surface area (Å²) in [5.41, 5.74) is 2.29. The molecule has 182 valence electrons. The van der Waals surface area contributed by atoms with Gasteiger partial charge in [-0.05, 0) is 49.2 Å². The SMILES string of the molecule is C=CCC(=O)c1ccc(N2CCN(C(=O)c3cc(C#N)ccc3N3CCCC(O)C3)CC2)c(F)c1. The second-order valence-corrected chi connectivity index (χ2v) is 8.95. The molecule has 0 saturated carbocycles. The van der Waals surface area contributed by atoms with Gasteiger partial charge in [-0.1, -0.05) is 6.08 Å². The monoisotopic (exact) mass is 476 g/mol. The number of hydrogen-bond acceptors (Lipinski definition) is 6. The number of benzene rings is 2. The number of carbonyl (C=O) groups excluding carboxylic acids is 2. The van der Waals surface area contributed by atoms with Gasteiger partial charge in [-0.25, -0.2) is 4.39 Å². The molecule has 35 heavy (non-hydrogen) atoms. The number of aliphatic hydroxyl groups is 1. The van der Waals surface area contributed by atoms with E-state index in [1.54, 1.807) is 35.2 Å². The summed E-state index contributed by atoms with van der Waals surface area (Å²) < 4.78 is 14.8. The van der Waals surface area contributed by atoms with Gasteiger partial charge in [0, 0.05) is 56.9 Å². The van der Waals surface area contributed by atoms with Gasteiger partial charge in [-0.2, -0.15) is 5.26 Å². The van der Waals surface area contributed by atoms with Crippen LogP contribution in [-0.2, 0) is 0 Å². The van der Waals surface area contributed by atoms with Crippen LogP contribution in [-0.4, -0.2) is 67.1 Å². The van der Waals surface area contributed by atoms with E-state index in [-0.39, 0.29) is 18.1 Å². The largest absolute Gasteiger partial charge is 0.391 e. The molecule has 1 N–H and O–H groups in total. The van der Waals surface area contributed by atoms with Crippen molar-refractivity contribution in [2.45, 2.75) is 25.4 Å². The van der Waals surface area contributed by atoms with E-state index in [1.165, 1.54) is 12.1 Å². The van der Waals surface area contributed by atoms with Crippen molar-refractivity contribution in [3.63, 3.8) is 0 Å². The quantitative estimate of drug-likeness (QED) is 0.508. The first kappa shape index (κ1) is 24.4. The Balaban J connectivity index is 1.48. The third-order valence-corrected chi connectivity index (χ3v) is 6.60. The minimum atomic E-state index is -0.465. The molecule has 1 amide bonds. The summed E-state index contributed by atoms with van der Waals surface area (Å²) in [6, 6.07) is 11.7. The van der Waals surface area contributed by atoms with E-state index in [2.05, 4.69) is 12.6 Å². The van der Waals surface area contributed by atoms with Crippen LogP contribution in [0.15, 0.2) is 49.1 Å². The number of β-amino-alcohol motifs (C(OH)–C–C–N with tert-alkyl or cyclic N) is 1. The summed E-state index contributed by atoms with van der Waals surface area (Å²) in [5.74, 6) is -0.826. The van der Waals surface area contributed by atoms with Gasteiger partial charge in [0.25, 0.3) is 5.91 Å². The van der Waals surface area contributed by atoms with Crippen molar-refractivity contribution in [2.75, 3.05) is 49.1 Å². The van der Waals surface area contributed by atoms with Crippen molar-refractivity contribution in [2.24, 2.45) is 0 Å². The Labute approximate surface area is 204 Å². The molecule has 0 bridgehead atoms. The van der Waals surface area contributed by atoms with Crippen LogP contribution >= 0.6 is 0 Å². The number of hydrogen-bond donors (Lipinski definition) is 1. The molecule has 0 aliphatic carbocycles. The molecule has 0 aromatic heterocycles. The van der Waals surface area contributed by atoms with Crippen molar-refractivity contribution >= 4 is 23.1 Å². The number of carbonyl (C=O) groups is 2. The number of amides is 1. The van der Waals surface area contributed by atoms with Gasteiger partial charge in [0.05, 0.1) is 29.0 Å². The minimum Gasteiger partial charge on any atom is -0.391 e.